The molecule has 1 aromatic heterocycles. The highest BCUT2D eigenvalue weighted by Gasteiger charge is 2.07. The first kappa shape index (κ1) is 16.7. The molecule has 0 bridgehead atoms. The lowest BCUT2D eigenvalue weighted by Gasteiger charge is -2.05. The largest absolute Gasteiger partial charge is 0.316 e. The van der Waals surface area contributed by atoms with Crippen LogP contribution in [0.1, 0.15) is 29.4 Å². The Kier molecular flexibility index (Phi) is 6.42. The third-order valence-corrected chi connectivity index (χ3v) is 4.64. The van der Waals surface area contributed by atoms with Crippen molar-refractivity contribution in [1.29, 1.82) is 0 Å². The van der Waals surface area contributed by atoms with Gasteiger partial charge >= 0.3 is 0 Å². The summed E-state index contributed by atoms with van der Waals surface area (Å²) in [7, 11) is 0. The molecule has 0 spiro atoms. The third-order valence-electron chi connectivity index (χ3n) is 2.92. The molecule has 2 aromatic rings. The number of benzene rings is 1. The smallest absolute Gasteiger partial charge is 0.121 e. The van der Waals surface area contributed by atoms with Gasteiger partial charge in [0.25, 0.3) is 0 Å². The molecule has 1 N–H and O–H groups in total. The molecule has 0 aliphatic rings. The van der Waals surface area contributed by atoms with Crippen LogP contribution in [0.5, 0.6) is 0 Å². The molecular formula is C15H19Cl2N3S. The SMILES string of the molecule is CC(C)CNCCc1nnc(Cc2ccc(Cl)c(Cl)c2)s1. The summed E-state index contributed by atoms with van der Waals surface area (Å²) < 4.78 is 0. The number of rotatable bonds is 7. The molecule has 0 aliphatic carbocycles. The van der Waals surface area contributed by atoms with E-state index in [0.717, 1.165) is 41.5 Å². The summed E-state index contributed by atoms with van der Waals surface area (Å²) >= 11 is 13.6. The van der Waals surface area contributed by atoms with Gasteiger partial charge in [-0.1, -0.05) is 43.1 Å². The van der Waals surface area contributed by atoms with Gasteiger partial charge in [-0.15, -0.1) is 21.5 Å². The Morgan fingerprint density at radius 3 is 2.62 bits per heavy atom. The van der Waals surface area contributed by atoms with E-state index in [1.807, 2.05) is 18.2 Å². The summed E-state index contributed by atoms with van der Waals surface area (Å²) in [6.07, 6.45) is 1.67. The monoisotopic (exact) mass is 343 g/mol. The van der Waals surface area contributed by atoms with Gasteiger partial charge in [-0.25, -0.2) is 0 Å². The molecule has 0 amide bonds. The maximum Gasteiger partial charge on any atom is 0.121 e. The first-order valence-corrected chi connectivity index (χ1v) is 8.57. The normalized spacial score (nSPS) is 11.3. The number of halogens is 2. The highest BCUT2D eigenvalue weighted by atomic mass is 35.5. The summed E-state index contributed by atoms with van der Waals surface area (Å²) in [5, 5.41) is 15.1. The van der Waals surface area contributed by atoms with Gasteiger partial charge in [0.1, 0.15) is 10.0 Å². The summed E-state index contributed by atoms with van der Waals surface area (Å²) in [4.78, 5) is 0. The predicted octanol–water partition coefficient (Wildman–Crippen LogP) is 4.22. The molecule has 0 atom stereocenters. The molecule has 3 nitrogen and oxygen atoms in total. The Morgan fingerprint density at radius 2 is 1.90 bits per heavy atom. The van der Waals surface area contributed by atoms with Gasteiger partial charge in [0, 0.05) is 19.4 Å². The molecule has 6 heteroatoms. The Hall–Kier alpha value is -0.680. The zero-order valence-electron chi connectivity index (χ0n) is 12.2. The minimum Gasteiger partial charge on any atom is -0.316 e. The van der Waals surface area contributed by atoms with Crippen molar-refractivity contribution in [2.45, 2.75) is 26.7 Å². The minimum atomic E-state index is 0.578. The second-order valence-corrected chi connectivity index (χ2v) is 7.32. The van der Waals surface area contributed by atoms with Crippen molar-refractivity contribution in [3.05, 3.63) is 43.8 Å². The quantitative estimate of drug-likeness (QED) is 0.764. The van der Waals surface area contributed by atoms with Crippen molar-refractivity contribution < 1.29 is 0 Å². The van der Waals surface area contributed by atoms with E-state index in [2.05, 4.69) is 29.4 Å². The molecule has 1 aromatic carbocycles. The summed E-state index contributed by atoms with van der Waals surface area (Å²) in [6, 6.07) is 5.67. The van der Waals surface area contributed by atoms with E-state index in [4.69, 9.17) is 23.2 Å². The molecule has 0 radical (unpaired) electrons. The van der Waals surface area contributed by atoms with Crippen LogP contribution in [0.2, 0.25) is 10.0 Å². The van der Waals surface area contributed by atoms with Crippen molar-refractivity contribution >= 4 is 34.5 Å². The second kappa shape index (κ2) is 8.08. The number of nitrogens with zero attached hydrogens (tertiary/aromatic N) is 2. The number of nitrogens with one attached hydrogen (secondary N) is 1. The van der Waals surface area contributed by atoms with Crippen LogP contribution in [0.15, 0.2) is 18.2 Å². The van der Waals surface area contributed by atoms with Crippen LogP contribution in [-0.2, 0) is 12.8 Å². The standard InChI is InChI=1S/C15H19Cl2N3S/c1-10(2)9-18-6-5-14-19-20-15(21-14)8-11-3-4-12(16)13(17)7-11/h3-4,7,10,18H,5-6,8-9H2,1-2H3. The first-order chi connectivity index (χ1) is 10.0. The van der Waals surface area contributed by atoms with Crippen LogP contribution in [0.25, 0.3) is 0 Å². The van der Waals surface area contributed by atoms with Crippen LogP contribution in [0, 0.1) is 5.92 Å². The maximum absolute atomic E-state index is 6.02. The topological polar surface area (TPSA) is 37.8 Å². The molecule has 0 saturated heterocycles. The highest BCUT2D eigenvalue weighted by molar-refractivity contribution is 7.11. The average Bonchev–Trinajstić information content (AvgIpc) is 2.86. The Bertz CT molecular complexity index is 584. The van der Waals surface area contributed by atoms with Crippen molar-refractivity contribution in [3.63, 3.8) is 0 Å². The first-order valence-electron chi connectivity index (χ1n) is 7.00. The van der Waals surface area contributed by atoms with Crippen molar-refractivity contribution in [3.8, 4) is 0 Å². The number of hydrogen-bond acceptors (Lipinski definition) is 4. The molecule has 0 aliphatic heterocycles. The molecule has 0 unspecified atom stereocenters. The van der Waals surface area contributed by atoms with Gasteiger partial charge in [0.05, 0.1) is 10.0 Å². The number of hydrogen-bond donors (Lipinski definition) is 1. The second-order valence-electron chi connectivity index (χ2n) is 5.36. The Balaban J connectivity index is 1.86. The maximum atomic E-state index is 6.02. The van der Waals surface area contributed by atoms with E-state index in [-0.39, 0.29) is 0 Å². The van der Waals surface area contributed by atoms with Crippen LogP contribution in [-0.4, -0.2) is 23.3 Å². The average molecular weight is 344 g/mol. The van der Waals surface area contributed by atoms with Crippen LogP contribution in [0.3, 0.4) is 0 Å². The lowest BCUT2D eigenvalue weighted by Crippen LogP contribution is -2.22. The van der Waals surface area contributed by atoms with E-state index >= 15 is 0 Å². The molecule has 0 saturated carbocycles. The van der Waals surface area contributed by atoms with Gasteiger partial charge in [-0.05, 0) is 30.2 Å². The van der Waals surface area contributed by atoms with E-state index in [1.54, 1.807) is 11.3 Å². The van der Waals surface area contributed by atoms with Gasteiger partial charge in [-0.2, -0.15) is 0 Å². The van der Waals surface area contributed by atoms with Crippen LogP contribution in [0.4, 0.5) is 0 Å². The van der Waals surface area contributed by atoms with E-state index in [0.29, 0.717) is 16.0 Å². The van der Waals surface area contributed by atoms with Crippen molar-refractivity contribution in [2.75, 3.05) is 13.1 Å². The fourth-order valence-electron chi connectivity index (χ4n) is 1.87. The fraction of sp³-hybridized carbons (Fsp3) is 0.467. The molecule has 114 valence electrons. The van der Waals surface area contributed by atoms with Gasteiger partial charge < -0.3 is 5.32 Å². The third kappa shape index (κ3) is 5.55. The fourth-order valence-corrected chi connectivity index (χ4v) is 3.07. The van der Waals surface area contributed by atoms with Gasteiger partial charge in [-0.3, -0.25) is 0 Å². The summed E-state index contributed by atoms with van der Waals surface area (Å²) in [5.74, 6) is 0.671. The summed E-state index contributed by atoms with van der Waals surface area (Å²) in [6.45, 7) is 6.38. The molecule has 2 rings (SSSR count). The zero-order valence-corrected chi connectivity index (χ0v) is 14.5. The summed E-state index contributed by atoms with van der Waals surface area (Å²) in [5.41, 5.74) is 1.10. The molecule has 1 heterocycles. The molecular weight excluding hydrogens is 325 g/mol. The number of aromatic nitrogens is 2. The predicted molar refractivity (Wildman–Crippen MR) is 90.6 cm³/mol. The Morgan fingerprint density at radius 1 is 1.14 bits per heavy atom. The van der Waals surface area contributed by atoms with E-state index in [1.165, 1.54) is 0 Å². The van der Waals surface area contributed by atoms with E-state index < -0.39 is 0 Å². The van der Waals surface area contributed by atoms with E-state index in [9.17, 15) is 0 Å². The van der Waals surface area contributed by atoms with Crippen LogP contribution >= 0.6 is 34.5 Å². The highest BCUT2D eigenvalue weighted by Crippen LogP contribution is 2.24. The van der Waals surface area contributed by atoms with Crippen molar-refractivity contribution in [2.24, 2.45) is 5.92 Å². The zero-order chi connectivity index (χ0) is 15.2. The van der Waals surface area contributed by atoms with Crippen molar-refractivity contribution in [1.82, 2.24) is 15.5 Å². The van der Waals surface area contributed by atoms with Gasteiger partial charge in [0.2, 0.25) is 0 Å². The lowest BCUT2D eigenvalue weighted by molar-refractivity contribution is 0.553. The Labute approximate surface area is 139 Å². The lowest BCUT2D eigenvalue weighted by atomic mass is 10.2. The van der Waals surface area contributed by atoms with Crippen LogP contribution < -0.4 is 5.32 Å². The van der Waals surface area contributed by atoms with Gasteiger partial charge in [0.15, 0.2) is 0 Å². The molecule has 0 fully saturated rings. The minimum absolute atomic E-state index is 0.578. The molecule has 21 heavy (non-hydrogen) atoms.